The van der Waals surface area contributed by atoms with Crippen LogP contribution in [0.15, 0.2) is 0 Å². The third-order valence-electron chi connectivity index (χ3n) is 2.65. The van der Waals surface area contributed by atoms with Gasteiger partial charge in [-0.15, -0.1) is 0 Å². The Morgan fingerprint density at radius 2 is 1.75 bits per heavy atom. The summed E-state index contributed by atoms with van der Waals surface area (Å²) in [5, 5.41) is 1.01. The summed E-state index contributed by atoms with van der Waals surface area (Å²) in [6, 6.07) is 0. The van der Waals surface area contributed by atoms with Crippen LogP contribution < -0.4 is 0 Å². The molecule has 1 saturated carbocycles. The molecule has 0 spiro atoms. The zero-order valence-corrected chi connectivity index (χ0v) is 9.17. The lowest BCUT2D eigenvalue weighted by Crippen LogP contribution is -2.01. The standard InChI is InChI=1S/C11H22S/c1-2-3-10-12-11-8-6-4-5-7-9-11/h11H,2-10H2,1H3. The van der Waals surface area contributed by atoms with Crippen LogP contribution in [-0.4, -0.2) is 11.0 Å². The molecule has 72 valence electrons. The Balaban J connectivity index is 2.04. The fourth-order valence-electron chi connectivity index (χ4n) is 1.80. The van der Waals surface area contributed by atoms with Crippen LogP contribution in [0.5, 0.6) is 0 Å². The predicted molar refractivity (Wildman–Crippen MR) is 58.9 cm³/mol. The number of hydrogen-bond acceptors (Lipinski definition) is 1. The van der Waals surface area contributed by atoms with Crippen LogP contribution in [0.25, 0.3) is 0 Å². The average Bonchev–Trinajstić information content (AvgIpc) is 2.33. The van der Waals surface area contributed by atoms with E-state index in [1.807, 2.05) is 0 Å². The lowest BCUT2D eigenvalue weighted by molar-refractivity contribution is 0.702. The molecule has 1 aliphatic rings. The van der Waals surface area contributed by atoms with E-state index in [0.29, 0.717) is 0 Å². The summed E-state index contributed by atoms with van der Waals surface area (Å²) in [6.45, 7) is 2.29. The molecule has 0 atom stereocenters. The van der Waals surface area contributed by atoms with Gasteiger partial charge in [-0.2, -0.15) is 11.8 Å². The lowest BCUT2D eigenvalue weighted by Gasteiger charge is -2.12. The lowest BCUT2D eigenvalue weighted by atomic mass is 10.2. The van der Waals surface area contributed by atoms with E-state index in [0.717, 1.165) is 5.25 Å². The van der Waals surface area contributed by atoms with Gasteiger partial charge in [0.05, 0.1) is 0 Å². The SMILES string of the molecule is CCCCSC1CCCCCC1. The van der Waals surface area contributed by atoms with Crippen molar-refractivity contribution >= 4 is 11.8 Å². The van der Waals surface area contributed by atoms with E-state index in [4.69, 9.17) is 0 Å². The fraction of sp³-hybridized carbons (Fsp3) is 1.00. The maximum Gasteiger partial charge on any atom is 0.00470 e. The van der Waals surface area contributed by atoms with Crippen molar-refractivity contribution in [3.05, 3.63) is 0 Å². The van der Waals surface area contributed by atoms with Gasteiger partial charge in [0.15, 0.2) is 0 Å². The molecule has 1 fully saturated rings. The zero-order chi connectivity index (χ0) is 8.65. The molecule has 0 saturated heterocycles. The van der Waals surface area contributed by atoms with E-state index >= 15 is 0 Å². The van der Waals surface area contributed by atoms with Crippen LogP contribution in [0, 0.1) is 0 Å². The first-order chi connectivity index (χ1) is 5.93. The maximum atomic E-state index is 2.29. The number of thioether (sulfide) groups is 1. The highest BCUT2D eigenvalue weighted by atomic mass is 32.2. The Hall–Kier alpha value is 0.350. The monoisotopic (exact) mass is 186 g/mol. The highest BCUT2D eigenvalue weighted by Gasteiger charge is 2.11. The molecule has 1 rings (SSSR count). The van der Waals surface area contributed by atoms with Crippen molar-refractivity contribution in [1.29, 1.82) is 0 Å². The Morgan fingerprint density at radius 3 is 2.33 bits per heavy atom. The minimum Gasteiger partial charge on any atom is -0.159 e. The minimum absolute atomic E-state index is 1.01. The second-order valence-electron chi connectivity index (χ2n) is 3.84. The first kappa shape index (κ1) is 10.4. The average molecular weight is 186 g/mol. The highest BCUT2D eigenvalue weighted by Crippen LogP contribution is 2.27. The second kappa shape index (κ2) is 6.82. The van der Waals surface area contributed by atoms with Gasteiger partial charge in [0.1, 0.15) is 0 Å². The summed E-state index contributed by atoms with van der Waals surface area (Å²) in [5.41, 5.74) is 0. The van der Waals surface area contributed by atoms with Gasteiger partial charge in [-0.1, -0.05) is 39.0 Å². The van der Waals surface area contributed by atoms with Crippen molar-refractivity contribution in [2.45, 2.75) is 63.5 Å². The van der Waals surface area contributed by atoms with E-state index in [2.05, 4.69) is 18.7 Å². The van der Waals surface area contributed by atoms with Gasteiger partial charge in [-0.05, 0) is 25.0 Å². The Bertz CT molecular complexity index is 93.2. The van der Waals surface area contributed by atoms with E-state index in [-0.39, 0.29) is 0 Å². The molecule has 0 N–H and O–H groups in total. The molecule has 1 heteroatoms. The molecule has 12 heavy (non-hydrogen) atoms. The van der Waals surface area contributed by atoms with Crippen LogP contribution in [0.4, 0.5) is 0 Å². The second-order valence-corrected chi connectivity index (χ2v) is 5.25. The molecule has 0 heterocycles. The topological polar surface area (TPSA) is 0 Å². The molecule has 0 aromatic carbocycles. The molecular formula is C11H22S. The minimum atomic E-state index is 1.01. The molecular weight excluding hydrogens is 164 g/mol. The Morgan fingerprint density at radius 1 is 1.08 bits per heavy atom. The van der Waals surface area contributed by atoms with Gasteiger partial charge in [0.25, 0.3) is 0 Å². The van der Waals surface area contributed by atoms with E-state index in [9.17, 15) is 0 Å². The first-order valence-corrected chi connectivity index (χ1v) is 6.60. The van der Waals surface area contributed by atoms with Gasteiger partial charge in [-0.3, -0.25) is 0 Å². The molecule has 0 nitrogen and oxygen atoms in total. The summed E-state index contributed by atoms with van der Waals surface area (Å²) < 4.78 is 0. The molecule has 0 aromatic rings. The van der Waals surface area contributed by atoms with Gasteiger partial charge < -0.3 is 0 Å². The molecule has 0 unspecified atom stereocenters. The summed E-state index contributed by atoms with van der Waals surface area (Å²) in [4.78, 5) is 0. The summed E-state index contributed by atoms with van der Waals surface area (Å²) in [6.07, 6.45) is 11.7. The number of hydrogen-bond donors (Lipinski definition) is 0. The molecule has 0 bridgehead atoms. The summed E-state index contributed by atoms with van der Waals surface area (Å²) >= 11 is 2.24. The van der Waals surface area contributed by atoms with Crippen LogP contribution >= 0.6 is 11.8 Å². The van der Waals surface area contributed by atoms with Crippen LogP contribution in [0.1, 0.15) is 58.3 Å². The quantitative estimate of drug-likeness (QED) is 0.467. The highest BCUT2D eigenvalue weighted by molar-refractivity contribution is 7.99. The summed E-state index contributed by atoms with van der Waals surface area (Å²) in [7, 11) is 0. The van der Waals surface area contributed by atoms with Crippen LogP contribution in [0.2, 0.25) is 0 Å². The van der Waals surface area contributed by atoms with Gasteiger partial charge in [-0.25, -0.2) is 0 Å². The molecule has 1 aliphatic carbocycles. The smallest absolute Gasteiger partial charge is 0.00470 e. The van der Waals surface area contributed by atoms with Crippen molar-refractivity contribution in [3.8, 4) is 0 Å². The van der Waals surface area contributed by atoms with Crippen molar-refractivity contribution in [1.82, 2.24) is 0 Å². The molecule has 0 aliphatic heterocycles. The summed E-state index contributed by atoms with van der Waals surface area (Å²) in [5.74, 6) is 1.40. The van der Waals surface area contributed by atoms with Crippen molar-refractivity contribution < 1.29 is 0 Å². The fourth-order valence-corrected chi connectivity index (χ4v) is 3.26. The van der Waals surface area contributed by atoms with Crippen molar-refractivity contribution in [2.75, 3.05) is 5.75 Å². The van der Waals surface area contributed by atoms with Crippen molar-refractivity contribution in [3.63, 3.8) is 0 Å². The first-order valence-electron chi connectivity index (χ1n) is 5.55. The van der Waals surface area contributed by atoms with E-state index in [1.165, 1.54) is 57.1 Å². The largest absolute Gasteiger partial charge is 0.159 e. The van der Waals surface area contributed by atoms with Crippen molar-refractivity contribution in [2.24, 2.45) is 0 Å². The van der Waals surface area contributed by atoms with E-state index in [1.54, 1.807) is 0 Å². The van der Waals surface area contributed by atoms with Gasteiger partial charge in [0.2, 0.25) is 0 Å². The van der Waals surface area contributed by atoms with Gasteiger partial charge in [0, 0.05) is 5.25 Å². The van der Waals surface area contributed by atoms with Gasteiger partial charge >= 0.3 is 0 Å². The Labute approximate surface area is 81.5 Å². The number of rotatable bonds is 4. The molecule has 0 amide bonds. The molecule has 0 radical (unpaired) electrons. The maximum absolute atomic E-state index is 2.29. The predicted octanol–water partition coefficient (Wildman–Crippen LogP) is 4.24. The van der Waals surface area contributed by atoms with Crippen LogP contribution in [-0.2, 0) is 0 Å². The molecule has 0 aromatic heterocycles. The normalized spacial score (nSPS) is 20.8. The third-order valence-corrected chi connectivity index (χ3v) is 4.12. The number of unbranched alkanes of at least 4 members (excludes halogenated alkanes) is 1. The Kier molecular flexibility index (Phi) is 5.93. The van der Waals surface area contributed by atoms with E-state index < -0.39 is 0 Å². The zero-order valence-electron chi connectivity index (χ0n) is 8.35. The third kappa shape index (κ3) is 4.39. The van der Waals surface area contributed by atoms with Crippen LogP contribution in [0.3, 0.4) is 0 Å².